The van der Waals surface area contributed by atoms with Gasteiger partial charge in [-0.15, -0.1) is 0 Å². The summed E-state index contributed by atoms with van der Waals surface area (Å²) in [4.78, 5) is 0. The molecule has 2 nitrogen and oxygen atoms in total. The molecule has 0 bridgehead atoms. The highest BCUT2D eigenvalue weighted by atomic mass is 16.5. The van der Waals surface area contributed by atoms with E-state index >= 15 is 0 Å². The summed E-state index contributed by atoms with van der Waals surface area (Å²) in [6.07, 6.45) is 1.38. The van der Waals surface area contributed by atoms with E-state index in [0.717, 1.165) is 24.2 Å². The number of aliphatic hydroxyl groups is 1. The lowest BCUT2D eigenvalue weighted by Gasteiger charge is -2.15. The lowest BCUT2D eigenvalue weighted by atomic mass is 10.0. The molecule has 2 aromatic carbocycles. The second-order valence-corrected chi connectivity index (χ2v) is 6.04. The van der Waals surface area contributed by atoms with Gasteiger partial charge in [-0.05, 0) is 61.9 Å². The van der Waals surface area contributed by atoms with Crippen molar-refractivity contribution in [1.82, 2.24) is 0 Å². The highest BCUT2D eigenvalue weighted by molar-refractivity contribution is 5.45. The minimum Gasteiger partial charge on any atom is -0.489 e. The summed E-state index contributed by atoms with van der Waals surface area (Å²) in [6.45, 7) is 6.98. The maximum absolute atomic E-state index is 9.95. The van der Waals surface area contributed by atoms with Crippen molar-refractivity contribution in [2.45, 2.75) is 46.3 Å². The predicted octanol–water partition coefficient (Wildman–Crippen LogP) is 4.17. The molecule has 0 saturated heterocycles. The van der Waals surface area contributed by atoms with Crippen LogP contribution in [0.1, 0.15) is 45.9 Å². The van der Waals surface area contributed by atoms with Crippen molar-refractivity contribution in [2.24, 2.45) is 0 Å². The summed E-state index contributed by atoms with van der Waals surface area (Å²) in [6, 6.07) is 10.4. The van der Waals surface area contributed by atoms with Crippen molar-refractivity contribution in [3.05, 3.63) is 63.7 Å². The molecule has 0 heterocycles. The van der Waals surface area contributed by atoms with E-state index in [1.807, 2.05) is 18.2 Å². The van der Waals surface area contributed by atoms with Crippen LogP contribution in [0.25, 0.3) is 0 Å². The fourth-order valence-electron chi connectivity index (χ4n) is 3.32. The molecule has 21 heavy (non-hydrogen) atoms. The van der Waals surface area contributed by atoms with Crippen molar-refractivity contribution in [3.8, 4) is 5.75 Å². The van der Waals surface area contributed by atoms with Gasteiger partial charge >= 0.3 is 0 Å². The second kappa shape index (κ2) is 5.53. The maximum Gasteiger partial charge on any atom is 0.123 e. The number of benzene rings is 2. The van der Waals surface area contributed by atoms with Crippen molar-refractivity contribution < 1.29 is 9.84 Å². The minimum atomic E-state index is -0.327. The maximum atomic E-state index is 9.95. The molecule has 2 heteroatoms. The molecule has 1 N–H and O–H groups in total. The van der Waals surface area contributed by atoms with Crippen LogP contribution in [0.3, 0.4) is 0 Å². The Labute approximate surface area is 126 Å². The summed E-state index contributed by atoms with van der Waals surface area (Å²) < 4.78 is 6.07. The molecule has 3 rings (SSSR count). The molecule has 0 spiro atoms. The van der Waals surface area contributed by atoms with Crippen LogP contribution in [0, 0.1) is 20.8 Å². The van der Waals surface area contributed by atoms with Gasteiger partial charge in [-0.2, -0.15) is 0 Å². The molecule has 110 valence electrons. The van der Waals surface area contributed by atoms with E-state index in [9.17, 15) is 5.11 Å². The van der Waals surface area contributed by atoms with Gasteiger partial charge in [-0.1, -0.05) is 29.8 Å². The zero-order chi connectivity index (χ0) is 15.0. The summed E-state index contributed by atoms with van der Waals surface area (Å²) in [7, 11) is 0. The van der Waals surface area contributed by atoms with Crippen LogP contribution in [0.5, 0.6) is 5.75 Å². The Kier molecular flexibility index (Phi) is 3.73. The molecule has 1 aliphatic carbocycles. The predicted molar refractivity (Wildman–Crippen MR) is 84.7 cm³/mol. The molecule has 0 fully saturated rings. The third-order valence-electron chi connectivity index (χ3n) is 4.41. The first-order valence-corrected chi connectivity index (χ1v) is 7.55. The van der Waals surface area contributed by atoms with Crippen LogP contribution in [-0.2, 0) is 13.0 Å². The van der Waals surface area contributed by atoms with Crippen molar-refractivity contribution in [3.63, 3.8) is 0 Å². The highest BCUT2D eigenvalue weighted by Crippen LogP contribution is 2.37. The van der Waals surface area contributed by atoms with E-state index < -0.39 is 0 Å². The first-order chi connectivity index (χ1) is 10.1. The van der Waals surface area contributed by atoms with Gasteiger partial charge in [-0.25, -0.2) is 0 Å². The Morgan fingerprint density at radius 1 is 1.14 bits per heavy atom. The van der Waals surface area contributed by atoms with Gasteiger partial charge in [-0.3, -0.25) is 0 Å². The standard InChI is InChI=1S/C19H22O2/c1-12-9-13(2)17(14(3)10-12)11-21-19-6-4-5-15-16(19)7-8-18(15)20/h4-6,9-10,18,20H,7-8,11H2,1-3H3. The van der Waals surface area contributed by atoms with Crippen LogP contribution in [0.2, 0.25) is 0 Å². The van der Waals surface area contributed by atoms with Crippen molar-refractivity contribution in [1.29, 1.82) is 0 Å². The van der Waals surface area contributed by atoms with Crippen molar-refractivity contribution >= 4 is 0 Å². The van der Waals surface area contributed by atoms with Crippen LogP contribution in [0.4, 0.5) is 0 Å². The van der Waals surface area contributed by atoms with Gasteiger partial charge in [0, 0.05) is 5.56 Å². The number of aliphatic hydroxyl groups excluding tert-OH is 1. The minimum absolute atomic E-state index is 0.327. The van der Waals surface area contributed by atoms with Gasteiger partial charge in [0.15, 0.2) is 0 Å². The van der Waals surface area contributed by atoms with Gasteiger partial charge in [0.1, 0.15) is 12.4 Å². The van der Waals surface area contributed by atoms with Crippen LogP contribution < -0.4 is 4.74 Å². The van der Waals surface area contributed by atoms with Gasteiger partial charge in [0.2, 0.25) is 0 Å². The Morgan fingerprint density at radius 3 is 2.57 bits per heavy atom. The molecule has 0 aromatic heterocycles. The molecule has 0 amide bonds. The summed E-state index contributed by atoms with van der Waals surface area (Å²) in [5, 5.41) is 9.95. The zero-order valence-corrected chi connectivity index (χ0v) is 12.9. The van der Waals surface area contributed by atoms with Gasteiger partial charge in [0.25, 0.3) is 0 Å². The fourth-order valence-corrected chi connectivity index (χ4v) is 3.32. The lowest BCUT2D eigenvalue weighted by Crippen LogP contribution is -2.03. The molecule has 1 atom stereocenters. The highest BCUT2D eigenvalue weighted by Gasteiger charge is 2.23. The number of ether oxygens (including phenoxy) is 1. The Hall–Kier alpha value is -1.80. The van der Waals surface area contributed by atoms with Gasteiger partial charge < -0.3 is 9.84 Å². The van der Waals surface area contributed by atoms with Crippen LogP contribution in [0.15, 0.2) is 30.3 Å². The zero-order valence-electron chi connectivity index (χ0n) is 12.9. The lowest BCUT2D eigenvalue weighted by molar-refractivity contribution is 0.180. The first-order valence-electron chi connectivity index (χ1n) is 7.55. The normalized spacial score (nSPS) is 16.9. The topological polar surface area (TPSA) is 29.5 Å². The second-order valence-electron chi connectivity index (χ2n) is 6.04. The fraction of sp³-hybridized carbons (Fsp3) is 0.368. The number of fused-ring (bicyclic) bond motifs is 1. The van der Waals surface area contributed by atoms with E-state index in [1.165, 1.54) is 27.8 Å². The largest absolute Gasteiger partial charge is 0.489 e. The van der Waals surface area contributed by atoms with E-state index in [4.69, 9.17) is 4.74 Å². The van der Waals surface area contributed by atoms with E-state index in [0.29, 0.717) is 6.61 Å². The van der Waals surface area contributed by atoms with E-state index in [2.05, 4.69) is 32.9 Å². The Balaban J connectivity index is 1.84. The molecule has 1 unspecified atom stereocenters. The Bertz CT molecular complexity index is 650. The molecule has 1 aliphatic rings. The molecule has 0 radical (unpaired) electrons. The van der Waals surface area contributed by atoms with Crippen molar-refractivity contribution in [2.75, 3.05) is 0 Å². The number of rotatable bonds is 3. The first kappa shape index (κ1) is 14.2. The van der Waals surface area contributed by atoms with E-state index in [1.54, 1.807) is 0 Å². The van der Waals surface area contributed by atoms with Crippen LogP contribution >= 0.6 is 0 Å². The molecular weight excluding hydrogens is 260 g/mol. The Morgan fingerprint density at radius 2 is 1.86 bits per heavy atom. The third kappa shape index (κ3) is 2.68. The number of hydrogen-bond donors (Lipinski definition) is 1. The number of aryl methyl sites for hydroxylation is 3. The summed E-state index contributed by atoms with van der Waals surface area (Å²) in [5.74, 6) is 0.920. The SMILES string of the molecule is Cc1cc(C)c(COc2cccc3c2CCC3O)c(C)c1. The third-order valence-corrected chi connectivity index (χ3v) is 4.41. The molecule has 2 aromatic rings. The quantitative estimate of drug-likeness (QED) is 0.915. The van der Waals surface area contributed by atoms with Gasteiger partial charge in [0.05, 0.1) is 6.10 Å². The summed E-state index contributed by atoms with van der Waals surface area (Å²) in [5.41, 5.74) is 7.31. The average molecular weight is 282 g/mol. The molecular formula is C19H22O2. The summed E-state index contributed by atoms with van der Waals surface area (Å²) >= 11 is 0. The van der Waals surface area contributed by atoms with Crippen LogP contribution in [-0.4, -0.2) is 5.11 Å². The molecule has 0 aliphatic heterocycles. The average Bonchev–Trinajstić information content (AvgIpc) is 2.80. The smallest absolute Gasteiger partial charge is 0.123 e. The van der Waals surface area contributed by atoms with E-state index in [-0.39, 0.29) is 6.10 Å². The molecule has 0 saturated carbocycles. The monoisotopic (exact) mass is 282 g/mol. The number of hydrogen-bond acceptors (Lipinski definition) is 2.